The van der Waals surface area contributed by atoms with Crippen LogP contribution in [0.2, 0.25) is 0 Å². The first-order valence-electron chi connectivity index (χ1n) is 7.70. The molecule has 1 aromatic rings. The van der Waals surface area contributed by atoms with Crippen molar-refractivity contribution >= 4 is 20.2 Å². The van der Waals surface area contributed by atoms with E-state index in [2.05, 4.69) is 13.8 Å². The van der Waals surface area contributed by atoms with Gasteiger partial charge in [0.05, 0.1) is 5.69 Å². The fraction of sp³-hybridized carbons (Fsp3) is 0.588. The molecule has 2 atom stereocenters. The minimum absolute atomic E-state index is 0.0562. The van der Waals surface area contributed by atoms with Crippen molar-refractivity contribution in [3.05, 3.63) is 29.1 Å². The Morgan fingerprint density at radius 3 is 2.71 bits per heavy atom. The highest BCUT2D eigenvalue weighted by Crippen LogP contribution is 2.39. The van der Waals surface area contributed by atoms with Gasteiger partial charge >= 0.3 is 0 Å². The molecule has 1 saturated carbocycles. The first kappa shape index (κ1) is 16.4. The topological polar surface area (TPSA) is 20.3 Å². The van der Waals surface area contributed by atoms with Crippen molar-refractivity contribution in [2.24, 2.45) is 0 Å². The molecule has 0 spiro atoms. The minimum atomic E-state index is -0.129. The summed E-state index contributed by atoms with van der Waals surface area (Å²) in [6.07, 6.45) is 2.96. The molecular weight excluding hydrogens is 284 g/mol. The second-order valence-electron chi connectivity index (χ2n) is 6.36. The number of aryl methyl sites for hydroxylation is 1. The molecular formula is C17H25FNOP. The lowest BCUT2D eigenvalue weighted by molar-refractivity contribution is -0.120. The average Bonchev–Trinajstić information content (AvgIpc) is 2.40. The Morgan fingerprint density at radius 1 is 1.38 bits per heavy atom. The fourth-order valence-electron chi connectivity index (χ4n) is 3.07. The number of carbonyl (C=O) groups excluding carboxylic acids is 1. The maximum atomic E-state index is 14.9. The Labute approximate surface area is 128 Å². The first-order chi connectivity index (χ1) is 9.88. The molecule has 116 valence electrons. The van der Waals surface area contributed by atoms with Crippen molar-refractivity contribution in [1.29, 1.82) is 0 Å². The zero-order chi connectivity index (χ0) is 15.6. The summed E-state index contributed by atoms with van der Waals surface area (Å²) < 4.78 is 16.9. The maximum absolute atomic E-state index is 14.9. The third-order valence-electron chi connectivity index (χ3n) is 3.96. The zero-order valence-corrected chi connectivity index (χ0v) is 14.4. The summed E-state index contributed by atoms with van der Waals surface area (Å²) in [6.45, 7) is 6.29. The van der Waals surface area contributed by atoms with Gasteiger partial charge in [-0.1, -0.05) is 19.9 Å². The molecule has 1 aromatic carbocycles. The monoisotopic (exact) mass is 309 g/mol. The summed E-state index contributed by atoms with van der Waals surface area (Å²) in [4.78, 5) is 11.7. The Bertz CT molecular complexity index is 530. The third-order valence-corrected chi connectivity index (χ3v) is 5.11. The van der Waals surface area contributed by atoms with Crippen LogP contribution >= 0.6 is 8.73 Å². The molecule has 0 radical (unpaired) electrons. The zero-order valence-electron chi connectivity index (χ0n) is 13.4. The van der Waals surface area contributed by atoms with Gasteiger partial charge in [-0.25, -0.2) is 4.39 Å². The van der Waals surface area contributed by atoms with E-state index in [1.807, 2.05) is 30.8 Å². The van der Waals surface area contributed by atoms with E-state index in [-0.39, 0.29) is 17.5 Å². The van der Waals surface area contributed by atoms with Crippen molar-refractivity contribution in [2.45, 2.75) is 58.0 Å². The van der Waals surface area contributed by atoms with E-state index in [4.69, 9.17) is 0 Å². The number of benzene rings is 1. The summed E-state index contributed by atoms with van der Waals surface area (Å²) >= 11 is 0. The number of rotatable bonds is 4. The Morgan fingerprint density at radius 2 is 2.10 bits per heavy atom. The number of ketones is 1. The van der Waals surface area contributed by atoms with E-state index in [0.29, 0.717) is 32.9 Å². The van der Waals surface area contributed by atoms with Gasteiger partial charge in [0.15, 0.2) is 0 Å². The molecule has 0 saturated heterocycles. The smallest absolute Gasteiger partial charge is 0.150 e. The van der Waals surface area contributed by atoms with Crippen LogP contribution in [0.3, 0.4) is 0 Å². The van der Waals surface area contributed by atoms with Gasteiger partial charge < -0.3 is 4.67 Å². The molecule has 0 amide bonds. The van der Waals surface area contributed by atoms with Crippen LogP contribution in [-0.2, 0) is 4.79 Å². The highest BCUT2D eigenvalue weighted by Gasteiger charge is 2.25. The summed E-state index contributed by atoms with van der Waals surface area (Å²) in [5, 5.41) is 0. The van der Waals surface area contributed by atoms with Gasteiger partial charge in [0.2, 0.25) is 0 Å². The van der Waals surface area contributed by atoms with E-state index >= 15 is 0 Å². The van der Waals surface area contributed by atoms with Crippen LogP contribution in [0.4, 0.5) is 10.1 Å². The fourth-order valence-corrected chi connectivity index (χ4v) is 4.14. The molecule has 0 bridgehead atoms. The normalized spacial score (nSPS) is 19.7. The van der Waals surface area contributed by atoms with E-state index in [9.17, 15) is 9.18 Å². The SMILES string of the molecule is Cc1cc(C2CCCC(=O)C2)c(F)c(N(C)PC(C)C)c1. The predicted molar refractivity (Wildman–Crippen MR) is 89.2 cm³/mol. The number of nitrogens with zero attached hydrogens (tertiary/aromatic N) is 1. The number of hydrogen-bond donors (Lipinski definition) is 0. The molecule has 4 heteroatoms. The number of carbonyl (C=O) groups is 1. The Hall–Kier alpha value is -0.950. The molecule has 2 rings (SSSR count). The van der Waals surface area contributed by atoms with Crippen LogP contribution in [-0.4, -0.2) is 18.5 Å². The third kappa shape index (κ3) is 4.03. The lowest BCUT2D eigenvalue weighted by Crippen LogP contribution is -2.17. The van der Waals surface area contributed by atoms with Crippen LogP contribution in [0, 0.1) is 12.7 Å². The van der Waals surface area contributed by atoms with Gasteiger partial charge in [-0.05, 0) is 57.3 Å². The van der Waals surface area contributed by atoms with Crippen molar-refractivity contribution in [1.82, 2.24) is 0 Å². The second-order valence-corrected chi connectivity index (χ2v) is 8.45. The molecule has 0 heterocycles. The Balaban J connectivity index is 2.34. The van der Waals surface area contributed by atoms with Crippen molar-refractivity contribution in [3.63, 3.8) is 0 Å². The van der Waals surface area contributed by atoms with E-state index in [0.717, 1.165) is 24.0 Å². The minimum Gasteiger partial charge on any atom is -0.354 e. The van der Waals surface area contributed by atoms with E-state index in [1.54, 1.807) is 0 Å². The molecule has 0 aromatic heterocycles. The standard InChI is InChI=1S/C17H25FNOP/c1-11(2)21-19(4)16-9-12(3)8-15(17(16)18)13-6-5-7-14(20)10-13/h8-9,11,13,21H,5-7,10H2,1-4H3. The second kappa shape index (κ2) is 6.87. The van der Waals surface area contributed by atoms with Crippen molar-refractivity contribution in [3.8, 4) is 0 Å². The quantitative estimate of drug-likeness (QED) is 0.745. The molecule has 0 N–H and O–H groups in total. The highest BCUT2D eigenvalue weighted by atomic mass is 31.1. The summed E-state index contributed by atoms with van der Waals surface area (Å²) in [5.41, 5.74) is 2.99. The predicted octanol–water partition coefficient (Wildman–Crippen LogP) is 4.80. The molecule has 1 aliphatic carbocycles. The van der Waals surface area contributed by atoms with Gasteiger partial charge in [0.25, 0.3) is 0 Å². The van der Waals surface area contributed by atoms with Crippen LogP contribution in [0.5, 0.6) is 0 Å². The van der Waals surface area contributed by atoms with Gasteiger partial charge in [-0.15, -0.1) is 0 Å². The van der Waals surface area contributed by atoms with Crippen LogP contribution in [0.1, 0.15) is 56.6 Å². The molecule has 21 heavy (non-hydrogen) atoms. The number of hydrogen-bond acceptors (Lipinski definition) is 2. The number of halogens is 1. The molecule has 2 unspecified atom stereocenters. The largest absolute Gasteiger partial charge is 0.354 e. The van der Waals surface area contributed by atoms with Crippen molar-refractivity contribution < 1.29 is 9.18 Å². The molecule has 1 fully saturated rings. The van der Waals surface area contributed by atoms with Gasteiger partial charge in [-0.2, -0.15) is 0 Å². The lowest BCUT2D eigenvalue weighted by Gasteiger charge is -2.27. The van der Waals surface area contributed by atoms with Crippen LogP contribution in [0.25, 0.3) is 0 Å². The average molecular weight is 309 g/mol. The van der Waals surface area contributed by atoms with E-state index in [1.165, 1.54) is 0 Å². The molecule has 0 aliphatic heterocycles. The molecule has 1 aliphatic rings. The van der Waals surface area contributed by atoms with Crippen LogP contribution < -0.4 is 4.67 Å². The lowest BCUT2D eigenvalue weighted by atomic mass is 9.82. The summed E-state index contributed by atoms with van der Waals surface area (Å²) in [5.74, 6) is 0.197. The molecule has 2 nitrogen and oxygen atoms in total. The van der Waals surface area contributed by atoms with E-state index < -0.39 is 0 Å². The highest BCUT2D eigenvalue weighted by molar-refractivity contribution is 7.40. The van der Waals surface area contributed by atoms with Crippen LogP contribution in [0.15, 0.2) is 12.1 Å². The van der Waals surface area contributed by atoms with Gasteiger partial charge in [0, 0.05) is 19.9 Å². The Kier molecular flexibility index (Phi) is 5.37. The number of Topliss-reactive ketones (excluding diaryl/α,β-unsaturated/α-hetero) is 1. The summed E-state index contributed by atoms with van der Waals surface area (Å²) in [7, 11) is 2.51. The van der Waals surface area contributed by atoms with Gasteiger partial charge in [0.1, 0.15) is 11.6 Å². The summed E-state index contributed by atoms with van der Waals surface area (Å²) in [6, 6.07) is 3.84. The van der Waals surface area contributed by atoms with Crippen molar-refractivity contribution in [2.75, 3.05) is 11.7 Å². The number of anilines is 1. The van der Waals surface area contributed by atoms with Gasteiger partial charge in [-0.3, -0.25) is 4.79 Å². The first-order valence-corrected chi connectivity index (χ1v) is 8.72. The maximum Gasteiger partial charge on any atom is 0.150 e.